The van der Waals surface area contributed by atoms with Gasteiger partial charge in [0.25, 0.3) is 63.7 Å². The molecule has 5 aliphatic heterocycles. The number of nitrogens with zero attached hydrogens (tertiary/aromatic N) is 13. The molecule has 5 saturated heterocycles. The lowest BCUT2D eigenvalue weighted by Gasteiger charge is -2.34. The molecular formula is C98H113F5N20O12S4. The number of benzene rings is 3. The number of nitrogen functional groups attached to an aromatic ring is 2. The average Bonchev–Trinajstić information content (AvgIpc) is 1.64. The van der Waals surface area contributed by atoms with Crippen LogP contribution in [-0.4, -0.2) is 165 Å². The van der Waals surface area contributed by atoms with Gasteiger partial charge < -0.3 is 41.3 Å². The normalized spacial score (nSPS) is 18.7. The number of rotatable bonds is 22. The summed E-state index contributed by atoms with van der Waals surface area (Å²) in [6, 6.07) is 46.8. The Balaban J connectivity index is 0.000000156. The van der Waals surface area contributed by atoms with Crippen molar-refractivity contribution < 1.29 is 74.8 Å². The molecule has 0 saturated carbocycles. The van der Waals surface area contributed by atoms with Crippen LogP contribution in [0.4, 0.5) is 68.5 Å². The fraction of sp³-hybridized carbons (Fsp3) is 0.367. The van der Waals surface area contributed by atoms with Gasteiger partial charge in [-0.25, -0.2) is 67.5 Å². The van der Waals surface area contributed by atoms with Crippen molar-refractivity contribution >= 4 is 110 Å². The molecular weight excluding hydrogens is 1870 g/mol. The van der Waals surface area contributed by atoms with Gasteiger partial charge in [-0.3, -0.25) is 19.2 Å². The summed E-state index contributed by atoms with van der Waals surface area (Å²) < 4.78 is 179. The standard InChI is InChI=1S/C26H31N5O3S.C25H26F3N5O3S.C25H28FN5O3S.C22H28FN5O3S/c1-18-8-5-9-20(14-18)16-28-22-11-6-12-23(29-22)35(33,34)30-25(32)21-10-7-13-27-24(21)31-17-19(2)15-26(31,3)4;1-15-13-24(2,3)33(14-15)22-18(23(34)32-37(35,36)21-9-5-8-20(29)31-21)10-11-19(30-22)16-6-4-7-17(12-16)25(26,27)28;1-15-13-25(3,4)31(14-15)23-18(10-11-20(28-23)19-12-17(26)9-8-16(19)2)24(32)30-35(33,34)22-7-5-6-21(27)29-22;1-15-12-22(2,3)28(13-15)20-17(6-5-10-24-20)21(29)26-32(30,31)19-8-4-7-18(25-19)27-11-9-16(23)14-27/h5-14,19H,15-17H2,1-4H3,(H,28,29)(H,30,32);4-12,15H,13-14H2,1-3H3,(H2,29,31)(H,32,34);5-12,15H,13-14H2,1-4H3,(H2,27,29)(H,30,32);4-8,10,15-16H,9,11-14H2,1-3H3,(H,26,29)/t;2*15-;15?,16-/m.000/s1. The number of aryl methyl sites for hydroxylation is 2. The van der Waals surface area contributed by atoms with Crippen LogP contribution in [0.3, 0.4) is 0 Å². The van der Waals surface area contributed by atoms with Gasteiger partial charge in [0.2, 0.25) is 0 Å². The van der Waals surface area contributed by atoms with Gasteiger partial charge in [-0.05, 0) is 257 Å². The molecule has 2 unspecified atom stereocenters. The third-order valence-corrected chi connectivity index (χ3v) is 29.4. The molecule has 0 spiro atoms. The molecule has 0 bridgehead atoms. The van der Waals surface area contributed by atoms with E-state index >= 15 is 0 Å². The Morgan fingerprint density at radius 3 is 1.26 bits per heavy atom. The highest BCUT2D eigenvalue weighted by atomic mass is 32.2. The fourth-order valence-electron chi connectivity index (χ4n) is 18.5. The maximum atomic E-state index is 14.0. The SMILES string of the molecule is CC1CN(c2ncccc2C(=O)NS(=O)(=O)c2cccc(N3CC[C@H](F)C3)n2)C(C)(C)C1.C[C@@H]1CN(c2nc(-c3cccc(C(F)(F)F)c3)ccc2C(=O)NS(=O)(=O)c2cccc(N)n2)C(C)(C)C1.Cc1ccc(F)cc1-c1ccc(C(=O)NS(=O)(=O)c2cccc(N)n2)c(N2C[C@@H](C)CC2(C)C)n1.Cc1cccc(CNc2cccc(S(=O)(=O)NC(=O)c3cccnc3N3CC(C)CC3(C)C)n2)c1. The molecule has 0 aliphatic carbocycles. The summed E-state index contributed by atoms with van der Waals surface area (Å²) in [5, 5.41) is 1.83. The highest BCUT2D eigenvalue weighted by Crippen LogP contribution is 2.44. The number of pyridine rings is 8. The summed E-state index contributed by atoms with van der Waals surface area (Å²) in [6.45, 7) is 32.4. The number of amides is 4. The van der Waals surface area contributed by atoms with Crippen LogP contribution in [0.1, 0.15) is 179 Å². The Kier molecular flexibility index (Phi) is 30.3. The van der Waals surface area contributed by atoms with E-state index in [1.807, 2.05) is 87.3 Å². The minimum Gasteiger partial charge on any atom is -0.384 e. The number of carbonyl (C=O) groups is 4. The summed E-state index contributed by atoms with van der Waals surface area (Å²) >= 11 is 0. The van der Waals surface area contributed by atoms with Crippen LogP contribution in [-0.2, 0) is 52.8 Å². The average molecular weight is 1990 g/mol. The zero-order valence-electron chi connectivity index (χ0n) is 79.3. The number of hydrogen-bond acceptors (Lipinski definition) is 28. The molecule has 11 aromatic rings. The first-order chi connectivity index (χ1) is 65.2. The van der Waals surface area contributed by atoms with Crippen molar-refractivity contribution in [2.24, 2.45) is 23.7 Å². The van der Waals surface area contributed by atoms with Gasteiger partial charge in [-0.1, -0.05) is 100.0 Å². The molecule has 139 heavy (non-hydrogen) atoms. The Hall–Kier alpha value is -13.4. The number of carbonyl (C=O) groups excluding carboxylic acids is 4. The van der Waals surface area contributed by atoms with E-state index in [4.69, 9.17) is 16.5 Å². The number of hydrogen-bond donors (Lipinski definition) is 7. The van der Waals surface area contributed by atoms with Crippen molar-refractivity contribution in [2.45, 2.75) is 190 Å². The monoisotopic (exact) mass is 1980 g/mol. The van der Waals surface area contributed by atoms with E-state index in [1.165, 1.54) is 97.1 Å². The molecule has 3 aromatic carbocycles. The Bertz CT molecular complexity index is 6970. The molecule has 9 N–H and O–H groups in total. The van der Waals surface area contributed by atoms with Gasteiger partial charge in [-0.15, -0.1) is 0 Å². The first-order valence-corrected chi connectivity index (χ1v) is 50.9. The Labute approximate surface area is 806 Å². The molecule has 16 rings (SSSR count). The number of sulfonamides is 4. The maximum Gasteiger partial charge on any atom is 0.416 e. The Morgan fingerprint density at radius 2 is 0.835 bits per heavy atom. The van der Waals surface area contributed by atoms with E-state index in [2.05, 4.69) is 113 Å². The zero-order valence-corrected chi connectivity index (χ0v) is 82.6. The van der Waals surface area contributed by atoms with Crippen LogP contribution in [0.2, 0.25) is 0 Å². The highest BCUT2D eigenvalue weighted by Gasteiger charge is 2.45. The van der Waals surface area contributed by atoms with Crippen LogP contribution >= 0.6 is 0 Å². The van der Waals surface area contributed by atoms with Crippen LogP contribution in [0.25, 0.3) is 22.5 Å². The zero-order chi connectivity index (χ0) is 101. The van der Waals surface area contributed by atoms with Crippen LogP contribution in [0.15, 0.2) is 221 Å². The third kappa shape index (κ3) is 24.7. The van der Waals surface area contributed by atoms with Gasteiger partial charge in [-0.2, -0.15) is 46.8 Å². The predicted octanol–water partition coefficient (Wildman–Crippen LogP) is 15.3. The summed E-state index contributed by atoms with van der Waals surface area (Å²) in [5.74, 6) is -0.0209. The van der Waals surface area contributed by atoms with Crippen molar-refractivity contribution in [1.82, 2.24) is 58.8 Å². The van der Waals surface area contributed by atoms with E-state index in [0.29, 0.717) is 90.7 Å². The van der Waals surface area contributed by atoms with E-state index in [0.717, 1.165) is 67.6 Å². The fourth-order valence-corrected chi connectivity index (χ4v) is 22.3. The van der Waals surface area contributed by atoms with Gasteiger partial charge in [0.15, 0.2) is 20.1 Å². The molecule has 41 heteroatoms. The minimum atomic E-state index is -4.53. The molecule has 13 heterocycles. The summed E-state index contributed by atoms with van der Waals surface area (Å²) in [5.41, 5.74) is 14.2. The number of nitrogens with one attached hydrogen (secondary N) is 5. The molecule has 5 atom stereocenters. The van der Waals surface area contributed by atoms with Gasteiger partial charge >= 0.3 is 6.18 Å². The largest absolute Gasteiger partial charge is 0.416 e. The second-order valence-corrected chi connectivity index (χ2v) is 44.8. The molecule has 8 aromatic heterocycles. The smallest absolute Gasteiger partial charge is 0.384 e. The van der Waals surface area contributed by atoms with Crippen LogP contribution in [0, 0.1) is 43.3 Å². The topological polar surface area (TPSA) is 436 Å². The second-order valence-electron chi connectivity index (χ2n) is 38.3. The third-order valence-electron chi connectivity index (χ3n) is 24.5. The molecule has 736 valence electrons. The maximum absolute atomic E-state index is 14.0. The first kappa shape index (κ1) is 103. The lowest BCUT2D eigenvalue weighted by Crippen LogP contribution is -2.41. The lowest BCUT2D eigenvalue weighted by molar-refractivity contribution is -0.137. The first-order valence-electron chi connectivity index (χ1n) is 45.0. The molecule has 5 fully saturated rings. The van der Waals surface area contributed by atoms with Crippen molar-refractivity contribution in [1.29, 1.82) is 0 Å². The van der Waals surface area contributed by atoms with Crippen molar-refractivity contribution in [2.75, 3.05) is 80.6 Å². The van der Waals surface area contributed by atoms with E-state index < -0.39 is 98.0 Å². The number of alkyl halides is 4. The van der Waals surface area contributed by atoms with Crippen LogP contribution < -0.4 is 60.2 Å². The molecule has 4 amide bonds. The van der Waals surface area contributed by atoms with Crippen molar-refractivity contribution in [3.05, 3.63) is 251 Å². The summed E-state index contributed by atoms with van der Waals surface area (Å²) in [6.07, 6.45) is 1.63. The molecule has 5 aliphatic rings. The number of nitrogens with two attached hydrogens (primary N) is 2. The van der Waals surface area contributed by atoms with E-state index in [1.54, 1.807) is 71.9 Å². The van der Waals surface area contributed by atoms with Gasteiger partial charge in [0, 0.05) is 84.9 Å². The number of anilines is 8. The Morgan fingerprint density at radius 1 is 0.432 bits per heavy atom. The van der Waals surface area contributed by atoms with Gasteiger partial charge in [0.1, 0.15) is 58.5 Å². The van der Waals surface area contributed by atoms with Crippen molar-refractivity contribution in [3.8, 4) is 22.5 Å². The molecule has 32 nitrogen and oxygen atoms in total. The van der Waals surface area contributed by atoms with Crippen molar-refractivity contribution in [3.63, 3.8) is 0 Å². The van der Waals surface area contributed by atoms with Crippen LogP contribution in [0.5, 0.6) is 0 Å². The minimum absolute atomic E-state index is 0.0188. The number of halogens is 5. The second kappa shape index (κ2) is 40.9. The van der Waals surface area contributed by atoms with E-state index in [-0.39, 0.29) is 95.1 Å². The summed E-state index contributed by atoms with van der Waals surface area (Å²) in [4.78, 5) is 96.6. The number of aromatic nitrogens is 8. The van der Waals surface area contributed by atoms with Gasteiger partial charge in [0.05, 0.1) is 45.7 Å². The van der Waals surface area contributed by atoms with E-state index in [9.17, 15) is 74.8 Å². The molecule has 0 radical (unpaired) electrons. The highest BCUT2D eigenvalue weighted by molar-refractivity contribution is 7.90. The lowest BCUT2D eigenvalue weighted by atomic mass is 9.97. The summed E-state index contributed by atoms with van der Waals surface area (Å²) in [7, 11) is -17.1. The quantitative estimate of drug-likeness (QED) is 0.0310. The predicted molar refractivity (Wildman–Crippen MR) is 523 cm³/mol.